The van der Waals surface area contributed by atoms with Gasteiger partial charge in [-0.15, -0.1) is 4.91 Å². The summed E-state index contributed by atoms with van der Waals surface area (Å²) >= 11 is 0. The molecule has 11 nitrogen and oxygen atoms in total. The molecule has 1 aliphatic carbocycles. The molecule has 2 amide bonds. The van der Waals surface area contributed by atoms with Crippen LogP contribution in [0, 0.1) is 10.7 Å². The Hall–Kier alpha value is -5.75. The number of nitrogens with zero attached hydrogens (tertiary/aromatic N) is 2. The molecule has 47 heavy (non-hydrogen) atoms. The maximum atomic E-state index is 14.4. The molecule has 7 rings (SSSR count). The van der Waals surface area contributed by atoms with Crippen LogP contribution in [0.25, 0.3) is 22.0 Å². The zero-order valence-electron chi connectivity index (χ0n) is 25.2. The molecule has 5 aromatic rings. The minimum atomic E-state index is -0.966. The smallest absolute Gasteiger partial charge is 0.407 e. The van der Waals surface area contributed by atoms with Gasteiger partial charge < -0.3 is 34.5 Å². The first-order chi connectivity index (χ1) is 22.8. The van der Waals surface area contributed by atoms with Gasteiger partial charge >= 0.3 is 6.09 Å². The summed E-state index contributed by atoms with van der Waals surface area (Å²) in [6.07, 6.45) is -0.739. The van der Waals surface area contributed by atoms with Crippen molar-refractivity contribution < 1.29 is 33.3 Å². The highest BCUT2D eigenvalue weighted by Crippen LogP contribution is 2.45. The lowest BCUT2D eigenvalue weighted by atomic mass is 9.98. The van der Waals surface area contributed by atoms with E-state index < -0.39 is 29.7 Å². The van der Waals surface area contributed by atoms with E-state index in [0.29, 0.717) is 33.5 Å². The highest BCUT2D eigenvalue weighted by Gasteiger charge is 2.29. The van der Waals surface area contributed by atoms with E-state index in [2.05, 4.69) is 15.8 Å². The van der Waals surface area contributed by atoms with Crippen molar-refractivity contribution in [2.24, 2.45) is 5.18 Å². The van der Waals surface area contributed by atoms with E-state index in [1.807, 2.05) is 48.5 Å². The maximum Gasteiger partial charge on any atom is 0.407 e. The fraction of sp³-hybridized carbons (Fsp3) is 0.200. The molecule has 0 bridgehead atoms. The van der Waals surface area contributed by atoms with E-state index in [9.17, 15) is 24.0 Å². The van der Waals surface area contributed by atoms with Gasteiger partial charge in [-0.2, -0.15) is 0 Å². The summed E-state index contributed by atoms with van der Waals surface area (Å²) in [6, 6.07) is 22.3. The summed E-state index contributed by atoms with van der Waals surface area (Å²) in [7, 11) is 0. The number of aromatic hydroxyl groups is 1. The number of alkyl carbamates (subject to hydrolysis) is 1. The average molecular weight is 637 g/mol. The Kier molecular flexibility index (Phi) is 7.78. The molecule has 238 valence electrons. The van der Waals surface area contributed by atoms with Crippen molar-refractivity contribution in [3.63, 3.8) is 0 Å². The third kappa shape index (κ3) is 5.52. The number of carbonyl (C=O) groups is 2. The first kappa shape index (κ1) is 29.9. The maximum absolute atomic E-state index is 14.4. The van der Waals surface area contributed by atoms with Crippen LogP contribution in [0.2, 0.25) is 0 Å². The van der Waals surface area contributed by atoms with Crippen molar-refractivity contribution in [2.45, 2.75) is 32.0 Å². The Labute approximate surface area is 267 Å². The number of hydrogen-bond acceptors (Lipinski definition) is 8. The lowest BCUT2D eigenvalue weighted by Gasteiger charge is -2.21. The minimum absolute atomic E-state index is 0.0103. The molecule has 0 unspecified atom stereocenters. The summed E-state index contributed by atoms with van der Waals surface area (Å²) in [5, 5.41) is 19.5. The number of nitroso groups, excluding NO2 is 1. The second-order valence-electron chi connectivity index (χ2n) is 11.4. The van der Waals surface area contributed by atoms with Crippen LogP contribution in [0.1, 0.15) is 35.1 Å². The van der Waals surface area contributed by atoms with Crippen molar-refractivity contribution >= 4 is 34.3 Å². The van der Waals surface area contributed by atoms with Crippen molar-refractivity contribution in [1.29, 1.82) is 0 Å². The van der Waals surface area contributed by atoms with Gasteiger partial charge in [0.15, 0.2) is 12.5 Å². The lowest BCUT2D eigenvalue weighted by Crippen LogP contribution is -2.42. The van der Waals surface area contributed by atoms with Crippen LogP contribution < -0.4 is 15.4 Å². The number of aromatic nitrogens is 1. The van der Waals surface area contributed by atoms with Crippen LogP contribution in [-0.2, 0) is 27.4 Å². The van der Waals surface area contributed by atoms with Gasteiger partial charge in [-0.3, -0.25) is 4.79 Å². The fourth-order valence-electron chi connectivity index (χ4n) is 6.32. The third-order valence-corrected chi connectivity index (χ3v) is 8.52. The second kappa shape index (κ2) is 12.2. The molecule has 0 radical (unpaired) electrons. The van der Waals surface area contributed by atoms with E-state index in [1.165, 1.54) is 29.7 Å². The highest BCUT2D eigenvalue weighted by molar-refractivity contribution is 6.01. The normalized spacial score (nSPS) is 14.0. The molecule has 12 heteroatoms. The fourth-order valence-corrected chi connectivity index (χ4v) is 6.32. The Morgan fingerprint density at radius 2 is 1.79 bits per heavy atom. The highest BCUT2D eigenvalue weighted by atomic mass is 19.1. The zero-order valence-corrected chi connectivity index (χ0v) is 25.2. The van der Waals surface area contributed by atoms with Gasteiger partial charge in [-0.05, 0) is 64.7 Å². The van der Waals surface area contributed by atoms with Gasteiger partial charge in [0.2, 0.25) is 11.8 Å². The third-order valence-electron chi connectivity index (χ3n) is 8.52. The number of fused-ring (bicyclic) bond motifs is 5. The number of hydrogen-bond donors (Lipinski definition) is 3. The van der Waals surface area contributed by atoms with Gasteiger partial charge in [0.05, 0.1) is 18.7 Å². The van der Waals surface area contributed by atoms with Crippen LogP contribution in [0.15, 0.2) is 84.0 Å². The lowest BCUT2D eigenvalue weighted by molar-refractivity contribution is -0.117. The van der Waals surface area contributed by atoms with E-state index in [1.54, 1.807) is 12.1 Å². The van der Waals surface area contributed by atoms with Crippen LogP contribution in [0.4, 0.5) is 20.6 Å². The largest absolute Gasteiger partial charge is 0.493 e. The van der Waals surface area contributed by atoms with Crippen LogP contribution in [0.3, 0.4) is 0 Å². The first-order valence-electron chi connectivity index (χ1n) is 14.9. The van der Waals surface area contributed by atoms with Crippen molar-refractivity contribution in [3.8, 4) is 22.8 Å². The SMILES string of the molecule is C[C@H](NC(=O)OCC1c2ccccc2-c2ccccc21)C(=O)Nc1ccc2c(N=O)c(O)n(Cc3cc(F)cc4c3OCOC4)c2c1. The van der Waals surface area contributed by atoms with Crippen molar-refractivity contribution in [1.82, 2.24) is 9.88 Å². The topological polar surface area (TPSA) is 140 Å². The molecule has 1 aliphatic heterocycles. The van der Waals surface area contributed by atoms with Crippen LogP contribution in [0.5, 0.6) is 11.6 Å². The van der Waals surface area contributed by atoms with Crippen LogP contribution >= 0.6 is 0 Å². The molecule has 1 aromatic heterocycles. The summed E-state index contributed by atoms with van der Waals surface area (Å²) in [5.74, 6) is -1.16. The molecule has 0 saturated carbocycles. The van der Waals surface area contributed by atoms with E-state index in [0.717, 1.165) is 22.3 Å². The van der Waals surface area contributed by atoms with Gasteiger partial charge in [-0.25, -0.2) is 9.18 Å². The van der Waals surface area contributed by atoms with Crippen molar-refractivity contribution in [3.05, 3.63) is 112 Å². The molecule has 4 aromatic carbocycles. The first-order valence-corrected chi connectivity index (χ1v) is 14.9. The Morgan fingerprint density at radius 3 is 2.51 bits per heavy atom. The zero-order chi connectivity index (χ0) is 32.7. The molecule has 2 aliphatic rings. The minimum Gasteiger partial charge on any atom is -0.493 e. The quantitative estimate of drug-likeness (QED) is 0.162. The average Bonchev–Trinajstić information content (AvgIpc) is 3.53. The molecule has 2 heterocycles. The second-order valence-corrected chi connectivity index (χ2v) is 11.4. The molecular formula is C35H29FN4O7. The molecule has 3 N–H and O–H groups in total. The number of halogens is 1. The Morgan fingerprint density at radius 1 is 1.06 bits per heavy atom. The van der Waals surface area contributed by atoms with Gasteiger partial charge in [-0.1, -0.05) is 48.5 Å². The van der Waals surface area contributed by atoms with E-state index >= 15 is 0 Å². The number of rotatable bonds is 8. The summed E-state index contributed by atoms with van der Waals surface area (Å²) in [5.41, 5.74) is 5.78. The monoisotopic (exact) mass is 636 g/mol. The summed E-state index contributed by atoms with van der Waals surface area (Å²) < 4.78 is 32.2. The molecule has 0 spiro atoms. The standard InChI is InChI=1S/C35H29FN4O7/c1-19(37-35(43)46-17-29-26-8-4-2-6-24(26)25-7-3-5-9-27(25)29)33(41)38-23-10-11-28-30(14-23)40(34(42)31(28)39-44)15-20-12-22(36)13-21-16-45-18-47-32(20)21/h2-14,19,29,42H,15-18H2,1H3,(H,37,43)(H,38,41)/t19-/m0/s1. The number of carbonyl (C=O) groups excluding carboxylic acids is 2. The number of amides is 2. The van der Waals surface area contributed by atoms with Crippen molar-refractivity contribution in [2.75, 3.05) is 18.7 Å². The predicted octanol–water partition coefficient (Wildman–Crippen LogP) is 6.66. The Balaban J connectivity index is 1.05. The molecule has 0 fully saturated rings. The number of benzene rings is 4. The van der Waals surface area contributed by atoms with Crippen LogP contribution in [-0.4, -0.2) is 41.1 Å². The number of anilines is 1. The summed E-state index contributed by atoms with van der Waals surface area (Å²) in [4.78, 5) is 37.5. The molecular weight excluding hydrogens is 607 g/mol. The van der Waals surface area contributed by atoms with Gasteiger partial charge in [0.25, 0.3) is 0 Å². The number of ether oxygens (including phenoxy) is 3. The Bertz CT molecular complexity index is 2010. The molecule has 0 saturated heterocycles. The van der Waals surface area contributed by atoms with E-state index in [4.69, 9.17) is 14.2 Å². The summed E-state index contributed by atoms with van der Waals surface area (Å²) in [6.45, 7) is 1.72. The molecule has 1 atom stereocenters. The van der Waals surface area contributed by atoms with Gasteiger partial charge in [0.1, 0.15) is 24.2 Å². The van der Waals surface area contributed by atoms with E-state index in [-0.39, 0.29) is 38.2 Å². The number of nitrogens with one attached hydrogen (secondary N) is 2. The predicted molar refractivity (Wildman–Crippen MR) is 171 cm³/mol. The van der Waals surface area contributed by atoms with Gasteiger partial charge in [0, 0.05) is 28.1 Å².